The van der Waals surface area contributed by atoms with E-state index in [9.17, 15) is 0 Å². The molecule has 1 fully saturated rings. The van der Waals surface area contributed by atoms with Crippen LogP contribution in [0.15, 0.2) is 29.3 Å². The molecule has 114 valence electrons. The van der Waals surface area contributed by atoms with E-state index < -0.39 is 0 Å². The fourth-order valence-electron chi connectivity index (χ4n) is 4.02. The van der Waals surface area contributed by atoms with E-state index in [-0.39, 0.29) is 5.54 Å². The molecule has 0 amide bonds. The zero-order chi connectivity index (χ0) is 15.0. The summed E-state index contributed by atoms with van der Waals surface area (Å²) in [6.45, 7) is 5.48. The largest absolute Gasteiger partial charge is 0.495 e. The quantitative estimate of drug-likeness (QED) is 0.909. The lowest BCUT2D eigenvalue weighted by atomic mass is 9.69. The lowest BCUT2D eigenvalue weighted by Gasteiger charge is -2.48. The molecule has 0 saturated heterocycles. The van der Waals surface area contributed by atoms with Crippen LogP contribution in [0.25, 0.3) is 0 Å². The van der Waals surface area contributed by atoms with Gasteiger partial charge in [-0.2, -0.15) is 0 Å². The number of benzene rings is 1. The average Bonchev–Trinajstić information content (AvgIpc) is 2.81. The van der Waals surface area contributed by atoms with Crippen molar-refractivity contribution in [1.82, 2.24) is 0 Å². The standard InChI is InChI=1S/C17H25N3O/c1-12-8-9-17(13(2)10-12)11-19-16(18)20(17)14-6-4-5-7-15(14)21-3/h4-7,12-13H,8-11H2,1-3H3,(H2,18,19). The van der Waals surface area contributed by atoms with Gasteiger partial charge in [0.25, 0.3) is 0 Å². The molecule has 3 rings (SSSR count). The highest BCUT2D eigenvalue weighted by atomic mass is 16.5. The van der Waals surface area contributed by atoms with Crippen molar-refractivity contribution < 1.29 is 4.74 Å². The molecule has 4 nitrogen and oxygen atoms in total. The number of rotatable bonds is 2. The first-order valence-corrected chi connectivity index (χ1v) is 7.81. The number of nitrogens with zero attached hydrogens (tertiary/aromatic N) is 2. The highest BCUT2D eigenvalue weighted by molar-refractivity contribution is 5.99. The van der Waals surface area contributed by atoms with Crippen molar-refractivity contribution in [1.29, 1.82) is 0 Å². The summed E-state index contributed by atoms with van der Waals surface area (Å²) in [5.74, 6) is 2.84. The maximum atomic E-state index is 6.26. The highest BCUT2D eigenvalue weighted by Crippen LogP contribution is 2.47. The predicted octanol–water partition coefficient (Wildman–Crippen LogP) is 3.02. The second-order valence-electron chi connectivity index (χ2n) is 6.57. The van der Waals surface area contributed by atoms with Gasteiger partial charge in [0.2, 0.25) is 0 Å². The van der Waals surface area contributed by atoms with E-state index >= 15 is 0 Å². The maximum Gasteiger partial charge on any atom is 0.196 e. The van der Waals surface area contributed by atoms with Gasteiger partial charge in [-0.05, 0) is 43.2 Å². The summed E-state index contributed by atoms with van der Waals surface area (Å²) in [6.07, 6.45) is 3.60. The molecule has 2 N–H and O–H groups in total. The van der Waals surface area contributed by atoms with Crippen molar-refractivity contribution in [3.63, 3.8) is 0 Å². The third-order valence-electron chi connectivity index (χ3n) is 5.26. The first-order chi connectivity index (χ1) is 10.1. The Kier molecular flexibility index (Phi) is 3.56. The molecular formula is C17H25N3O. The molecule has 0 bridgehead atoms. The molecule has 1 spiro atoms. The molecule has 3 unspecified atom stereocenters. The van der Waals surface area contributed by atoms with E-state index in [1.807, 2.05) is 18.2 Å². The Morgan fingerprint density at radius 1 is 1.33 bits per heavy atom. The molecule has 1 aliphatic heterocycles. The topological polar surface area (TPSA) is 50.9 Å². The summed E-state index contributed by atoms with van der Waals surface area (Å²) < 4.78 is 5.54. The number of ether oxygens (including phenoxy) is 1. The van der Waals surface area contributed by atoms with Gasteiger partial charge in [-0.1, -0.05) is 26.0 Å². The summed E-state index contributed by atoms with van der Waals surface area (Å²) in [4.78, 5) is 6.83. The molecule has 4 heteroatoms. The molecule has 21 heavy (non-hydrogen) atoms. The van der Waals surface area contributed by atoms with Crippen LogP contribution in [0.2, 0.25) is 0 Å². The average molecular weight is 287 g/mol. The van der Waals surface area contributed by atoms with Gasteiger partial charge in [0.1, 0.15) is 5.75 Å². The summed E-state index contributed by atoms with van der Waals surface area (Å²) in [5.41, 5.74) is 7.32. The van der Waals surface area contributed by atoms with Gasteiger partial charge in [0, 0.05) is 0 Å². The summed E-state index contributed by atoms with van der Waals surface area (Å²) in [5, 5.41) is 0. The number of guanidine groups is 1. The number of para-hydroxylation sites is 2. The molecule has 3 atom stereocenters. The van der Waals surface area contributed by atoms with E-state index in [2.05, 4.69) is 29.8 Å². The molecule has 0 radical (unpaired) electrons. The lowest BCUT2D eigenvalue weighted by molar-refractivity contribution is 0.179. The van der Waals surface area contributed by atoms with Crippen molar-refractivity contribution >= 4 is 11.6 Å². The van der Waals surface area contributed by atoms with Crippen LogP contribution in [-0.2, 0) is 0 Å². The summed E-state index contributed by atoms with van der Waals surface area (Å²) >= 11 is 0. The summed E-state index contributed by atoms with van der Waals surface area (Å²) in [6, 6.07) is 8.10. The Hall–Kier alpha value is -1.71. The second-order valence-corrected chi connectivity index (χ2v) is 6.57. The second kappa shape index (κ2) is 5.24. The van der Waals surface area contributed by atoms with Crippen LogP contribution >= 0.6 is 0 Å². The van der Waals surface area contributed by atoms with E-state index in [1.165, 1.54) is 12.8 Å². The van der Waals surface area contributed by atoms with Crippen LogP contribution in [0.4, 0.5) is 5.69 Å². The molecule has 1 aliphatic carbocycles. The first kappa shape index (κ1) is 14.2. The zero-order valence-corrected chi connectivity index (χ0v) is 13.2. The highest BCUT2D eigenvalue weighted by Gasteiger charge is 2.49. The smallest absolute Gasteiger partial charge is 0.196 e. The normalized spacial score (nSPS) is 32.3. The van der Waals surface area contributed by atoms with Crippen LogP contribution in [0.3, 0.4) is 0 Å². The number of hydrogen-bond acceptors (Lipinski definition) is 4. The Labute approximate surface area is 127 Å². The SMILES string of the molecule is COc1ccccc1N1C(N)=NCC12CCC(C)CC2C. The fraction of sp³-hybridized carbons (Fsp3) is 0.588. The Morgan fingerprint density at radius 2 is 2.10 bits per heavy atom. The first-order valence-electron chi connectivity index (χ1n) is 7.81. The van der Waals surface area contributed by atoms with Crippen molar-refractivity contribution in [2.24, 2.45) is 22.6 Å². The van der Waals surface area contributed by atoms with E-state index in [0.717, 1.165) is 30.3 Å². The third-order valence-corrected chi connectivity index (χ3v) is 5.26. The molecule has 2 aliphatic rings. The Bertz CT molecular complexity index is 557. The molecule has 0 aromatic heterocycles. The van der Waals surface area contributed by atoms with Crippen molar-refractivity contribution in [2.45, 2.75) is 38.6 Å². The number of anilines is 1. The Balaban J connectivity index is 2.03. The Morgan fingerprint density at radius 3 is 2.81 bits per heavy atom. The number of aliphatic imine (C=N–C) groups is 1. The van der Waals surface area contributed by atoms with Crippen molar-refractivity contribution in [3.05, 3.63) is 24.3 Å². The van der Waals surface area contributed by atoms with Gasteiger partial charge in [-0.15, -0.1) is 0 Å². The van der Waals surface area contributed by atoms with Gasteiger partial charge < -0.3 is 15.4 Å². The lowest BCUT2D eigenvalue weighted by Crippen LogP contribution is -2.58. The zero-order valence-electron chi connectivity index (χ0n) is 13.2. The predicted molar refractivity (Wildman–Crippen MR) is 86.9 cm³/mol. The van der Waals surface area contributed by atoms with Crippen LogP contribution in [0, 0.1) is 11.8 Å². The molecule has 1 heterocycles. The van der Waals surface area contributed by atoms with E-state index in [1.54, 1.807) is 7.11 Å². The van der Waals surface area contributed by atoms with Gasteiger partial charge in [0.15, 0.2) is 5.96 Å². The molecule has 1 saturated carbocycles. The van der Waals surface area contributed by atoms with Crippen molar-refractivity contribution in [2.75, 3.05) is 18.6 Å². The monoisotopic (exact) mass is 287 g/mol. The third kappa shape index (κ3) is 2.17. The number of hydrogen-bond donors (Lipinski definition) is 1. The van der Waals surface area contributed by atoms with E-state index in [4.69, 9.17) is 10.5 Å². The van der Waals surface area contributed by atoms with Crippen LogP contribution < -0.4 is 15.4 Å². The summed E-state index contributed by atoms with van der Waals surface area (Å²) in [7, 11) is 1.71. The van der Waals surface area contributed by atoms with Gasteiger partial charge in [0.05, 0.1) is 24.9 Å². The number of nitrogens with two attached hydrogens (primary N) is 1. The maximum absolute atomic E-state index is 6.26. The van der Waals surface area contributed by atoms with Gasteiger partial charge >= 0.3 is 0 Å². The van der Waals surface area contributed by atoms with E-state index in [0.29, 0.717) is 11.9 Å². The minimum absolute atomic E-state index is 0.0191. The van der Waals surface area contributed by atoms with Crippen LogP contribution in [0.5, 0.6) is 5.75 Å². The minimum atomic E-state index is 0.0191. The van der Waals surface area contributed by atoms with Gasteiger partial charge in [-0.25, -0.2) is 0 Å². The fourth-order valence-corrected chi connectivity index (χ4v) is 4.02. The van der Waals surface area contributed by atoms with Crippen molar-refractivity contribution in [3.8, 4) is 5.75 Å². The minimum Gasteiger partial charge on any atom is -0.495 e. The molecule has 1 aromatic carbocycles. The molecule has 1 aromatic rings. The number of methoxy groups -OCH3 is 1. The van der Waals surface area contributed by atoms with Crippen LogP contribution in [-0.4, -0.2) is 25.2 Å². The molecular weight excluding hydrogens is 262 g/mol. The van der Waals surface area contributed by atoms with Gasteiger partial charge in [-0.3, -0.25) is 4.99 Å². The van der Waals surface area contributed by atoms with Crippen LogP contribution in [0.1, 0.15) is 33.1 Å².